The van der Waals surface area contributed by atoms with Crippen LogP contribution in [-0.2, 0) is 11.3 Å². The average Bonchev–Trinajstić information content (AvgIpc) is 2.78. The molecule has 1 N–H and O–H groups in total. The molecule has 98 valence electrons. The first kappa shape index (κ1) is 13.1. The second-order valence-electron chi connectivity index (χ2n) is 4.47. The summed E-state index contributed by atoms with van der Waals surface area (Å²) in [6.07, 6.45) is 3.43. The monoisotopic (exact) mass is 248 g/mol. The molecule has 0 aliphatic rings. The first-order chi connectivity index (χ1) is 8.81. The normalized spacial score (nSPS) is 13.0. The number of nitrogens with zero attached hydrogens (tertiary/aromatic N) is 2. The van der Waals surface area contributed by atoms with Crippen LogP contribution in [0.1, 0.15) is 19.8 Å². The van der Waals surface area contributed by atoms with Gasteiger partial charge in [-0.3, -0.25) is 0 Å². The largest absolute Gasteiger partial charge is 0.389 e. The van der Waals surface area contributed by atoms with Crippen molar-refractivity contribution in [3.63, 3.8) is 0 Å². The number of para-hydroxylation sites is 2. The van der Waals surface area contributed by atoms with Crippen molar-refractivity contribution < 1.29 is 9.84 Å². The Balaban J connectivity index is 1.88. The molecule has 2 aromatic rings. The maximum absolute atomic E-state index is 9.91. The molecule has 1 aromatic heterocycles. The highest BCUT2D eigenvalue weighted by atomic mass is 16.5. The first-order valence-electron chi connectivity index (χ1n) is 6.47. The summed E-state index contributed by atoms with van der Waals surface area (Å²) < 4.78 is 7.37. The van der Waals surface area contributed by atoms with Gasteiger partial charge < -0.3 is 14.4 Å². The van der Waals surface area contributed by atoms with Gasteiger partial charge in [0.15, 0.2) is 0 Å². The molecule has 0 fully saturated rings. The number of hydrogen-bond acceptors (Lipinski definition) is 3. The fourth-order valence-corrected chi connectivity index (χ4v) is 1.90. The molecular weight excluding hydrogens is 228 g/mol. The van der Waals surface area contributed by atoms with E-state index in [-0.39, 0.29) is 0 Å². The number of unbranched alkanes of at least 4 members (excludes halogenated alkanes) is 1. The molecular formula is C14H20N2O2. The lowest BCUT2D eigenvalue weighted by molar-refractivity contribution is 0.0276. The minimum atomic E-state index is -0.487. The van der Waals surface area contributed by atoms with Crippen LogP contribution in [0.15, 0.2) is 30.6 Å². The van der Waals surface area contributed by atoms with Gasteiger partial charge >= 0.3 is 0 Å². The minimum absolute atomic E-state index is 0.381. The van der Waals surface area contributed by atoms with Gasteiger partial charge in [0.2, 0.25) is 0 Å². The lowest BCUT2D eigenvalue weighted by Crippen LogP contribution is -2.21. The van der Waals surface area contributed by atoms with Crippen molar-refractivity contribution in [3.8, 4) is 0 Å². The lowest BCUT2D eigenvalue weighted by Gasteiger charge is -2.12. The van der Waals surface area contributed by atoms with E-state index >= 15 is 0 Å². The van der Waals surface area contributed by atoms with Gasteiger partial charge in [-0.05, 0) is 18.6 Å². The van der Waals surface area contributed by atoms with E-state index in [0.29, 0.717) is 13.2 Å². The van der Waals surface area contributed by atoms with E-state index in [0.717, 1.165) is 30.5 Å². The molecule has 0 bridgehead atoms. The fourth-order valence-electron chi connectivity index (χ4n) is 1.90. The van der Waals surface area contributed by atoms with Crippen LogP contribution in [0.2, 0.25) is 0 Å². The van der Waals surface area contributed by atoms with E-state index < -0.39 is 6.10 Å². The maximum atomic E-state index is 9.91. The van der Waals surface area contributed by atoms with Gasteiger partial charge in [-0.1, -0.05) is 25.5 Å². The lowest BCUT2D eigenvalue weighted by atomic mass is 10.3. The Bertz CT molecular complexity index is 481. The number of ether oxygens (including phenoxy) is 1. The van der Waals surface area contributed by atoms with E-state index in [2.05, 4.69) is 11.9 Å². The molecule has 0 spiro atoms. The van der Waals surface area contributed by atoms with Crippen molar-refractivity contribution in [1.82, 2.24) is 9.55 Å². The third-order valence-electron chi connectivity index (χ3n) is 2.89. The predicted molar refractivity (Wildman–Crippen MR) is 71.5 cm³/mol. The van der Waals surface area contributed by atoms with Crippen LogP contribution in [0, 0.1) is 0 Å². The summed E-state index contributed by atoms with van der Waals surface area (Å²) in [7, 11) is 0. The summed E-state index contributed by atoms with van der Waals surface area (Å²) in [4.78, 5) is 4.29. The van der Waals surface area contributed by atoms with E-state index in [1.54, 1.807) is 6.33 Å². The quantitative estimate of drug-likeness (QED) is 0.764. The van der Waals surface area contributed by atoms with Gasteiger partial charge in [-0.15, -0.1) is 0 Å². The van der Waals surface area contributed by atoms with Crippen molar-refractivity contribution in [2.75, 3.05) is 13.2 Å². The van der Waals surface area contributed by atoms with E-state index in [4.69, 9.17) is 4.74 Å². The summed E-state index contributed by atoms with van der Waals surface area (Å²) in [5, 5.41) is 9.91. The number of aliphatic hydroxyl groups excluding tert-OH is 1. The highest BCUT2D eigenvalue weighted by molar-refractivity contribution is 5.74. The van der Waals surface area contributed by atoms with Gasteiger partial charge in [0.1, 0.15) is 0 Å². The second-order valence-corrected chi connectivity index (χ2v) is 4.47. The van der Waals surface area contributed by atoms with Crippen molar-refractivity contribution in [2.45, 2.75) is 32.4 Å². The Hall–Kier alpha value is -1.39. The Morgan fingerprint density at radius 1 is 1.39 bits per heavy atom. The predicted octanol–water partition coefficient (Wildman–Crippen LogP) is 2.21. The number of aliphatic hydroxyl groups is 1. The zero-order valence-electron chi connectivity index (χ0n) is 10.7. The van der Waals surface area contributed by atoms with Crippen LogP contribution < -0.4 is 0 Å². The molecule has 1 aromatic carbocycles. The average molecular weight is 248 g/mol. The summed E-state index contributed by atoms with van der Waals surface area (Å²) in [6.45, 7) is 3.74. The molecule has 1 atom stereocenters. The van der Waals surface area contributed by atoms with Gasteiger partial charge in [0, 0.05) is 6.61 Å². The highest BCUT2D eigenvalue weighted by Gasteiger charge is 2.08. The number of benzene rings is 1. The third-order valence-corrected chi connectivity index (χ3v) is 2.89. The van der Waals surface area contributed by atoms with Crippen molar-refractivity contribution >= 4 is 11.0 Å². The molecule has 0 aliphatic heterocycles. The maximum Gasteiger partial charge on any atom is 0.0959 e. The standard InChI is InChI=1S/C14H20N2O2/c1-2-3-8-18-10-12(17)9-16-11-15-13-6-4-5-7-14(13)16/h4-7,11-12,17H,2-3,8-10H2,1H3/t12-/m0/s1. The molecule has 18 heavy (non-hydrogen) atoms. The number of imidazole rings is 1. The van der Waals surface area contributed by atoms with Crippen LogP contribution in [-0.4, -0.2) is 34.0 Å². The van der Waals surface area contributed by atoms with Gasteiger partial charge in [-0.25, -0.2) is 4.98 Å². The van der Waals surface area contributed by atoms with Gasteiger partial charge in [0.25, 0.3) is 0 Å². The minimum Gasteiger partial charge on any atom is -0.389 e. The van der Waals surface area contributed by atoms with Gasteiger partial charge in [0.05, 0.1) is 36.6 Å². The van der Waals surface area contributed by atoms with Crippen molar-refractivity contribution in [3.05, 3.63) is 30.6 Å². The van der Waals surface area contributed by atoms with E-state index in [1.165, 1.54) is 0 Å². The Kier molecular flexibility index (Phi) is 4.73. The molecule has 4 heteroatoms. The number of aromatic nitrogens is 2. The molecule has 2 rings (SSSR count). The van der Waals surface area contributed by atoms with Crippen molar-refractivity contribution in [2.24, 2.45) is 0 Å². The summed E-state index contributed by atoms with van der Waals surface area (Å²) in [6, 6.07) is 7.91. The van der Waals surface area contributed by atoms with Crippen LogP contribution >= 0.6 is 0 Å². The summed E-state index contributed by atoms with van der Waals surface area (Å²) >= 11 is 0. The number of rotatable bonds is 7. The highest BCUT2D eigenvalue weighted by Crippen LogP contribution is 2.12. The summed E-state index contributed by atoms with van der Waals surface area (Å²) in [5.74, 6) is 0. The van der Waals surface area contributed by atoms with Crippen LogP contribution in [0.4, 0.5) is 0 Å². The van der Waals surface area contributed by atoms with Crippen molar-refractivity contribution in [1.29, 1.82) is 0 Å². The SMILES string of the molecule is CCCCOC[C@@H](O)Cn1cnc2ccccc21. The van der Waals surface area contributed by atoms with Gasteiger partial charge in [-0.2, -0.15) is 0 Å². The van der Waals surface area contributed by atoms with E-state index in [9.17, 15) is 5.11 Å². The number of fused-ring (bicyclic) bond motifs is 1. The second kappa shape index (κ2) is 6.52. The Labute approximate surface area is 107 Å². The molecule has 0 aliphatic carbocycles. The molecule has 0 saturated carbocycles. The molecule has 0 unspecified atom stereocenters. The molecule has 1 heterocycles. The van der Waals surface area contributed by atoms with Crippen LogP contribution in [0.25, 0.3) is 11.0 Å². The third kappa shape index (κ3) is 3.31. The molecule has 4 nitrogen and oxygen atoms in total. The fraction of sp³-hybridized carbons (Fsp3) is 0.500. The summed E-state index contributed by atoms with van der Waals surface area (Å²) in [5.41, 5.74) is 2.00. The Morgan fingerprint density at radius 3 is 3.06 bits per heavy atom. The topological polar surface area (TPSA) is 47.3 Å². The number of hydrogen-bond donors (Lipinski definition) is 1. The molecule has 0 amide bonds. The van der Waals surface area contributed by atoms with E-state index in [1.807, 2.05) is 28.8 Å². The van der Waals surface area contributed by atoms with Crippen LogP contribution in [0.5, 0.6) is 0 Å². The molecule has 0 saturated heterocycles. The zero-order chi connectivity index (χ0) is 12.8. The van der Waals surface area contributed by atoms with Crippen LogP contribution in [0.3, 0.4) is 0 Å². The zero-order valence-corrected chi connectivity index (χ0v) is 10.7. The Morgan fingerprint density at radius 2 is 2.22 bits per heavy atom. The smallest absolute Gasteiger partial charge is 0.0959 e. The first-order valence-corrected chi connectivity index (χ1v) is 6.47. The molecule has 0 radical (unpaired) electrons.